The normalized spacial score (nSPS) is 14.2. The first kappa shape index (κ1) is 18.8. The number of aromatic nitrogens is 1. The summed E-state index contributed by atoms with van der Waals surface area (Å²) in [4.78, 5) is 21.4. The van der Waals surface area contributed by atoms with E-state index in [1.165, 1.54) is 17.0 Å². The Kier molecular flexibility index (Phi) is 5.78. The van der Waals surface area contributed by atoms with E-state index in [-0.39, 0.29) is 5.91 Å². The van der Waals surface area contributed by atoms with Crippen molar-refractivity contribution in [3.05, 3.63) is 70.7 Å². The van der Waals surface area contributed by atoms with Gasteiger partial charge in [-0.3, -0.25) is 4.79 Å². The van der Waals surface area contributed by atoms with Crippen molar-refractivity contribution in [3.63, 3.8) is 0 Å². The molecule has 1 aromatic heterocycles. The van der Waals surface area contributed by atoms with Crippen LogP contribution in [0.25, 0.3) is 0 Å². The predicted octanol–water partition coefficient (Wildman–Crippen LogP) is 4.43. The molecule has 0 saturated carbocycles. The summed E-state index contributed by atoms with van der Waals surface area (Å²) in [6.45, 7) is 3.19. The molecule has 1 fully saturated rings. The maximum absolute atomic E-state index is 12.7. The Morgan fingerprint density at radius 1 is 1.07 bits per heavy atom. The van der Waals surface area contributed by atoms with Gasteiger partial charge in [-0.05, 0) is 30.3 Å². The van der Waals surface area contributed by atoms with E-state index in [0.29, 0.717) is 11.4 Å². The third kappa shape index (κ3) is 4.64. The topological polar surface area (TPSA) is 48.5 Å². The van der Waals surface area contributed by atoms with Gasteiger partial charge in [0.15, 0.2) is 5.13 Å². The minimum absolute atomic E-state index is 0.132. The smallest absolute Gasteiger partial charge is 0.228 e. The van der Waals surface area contributed by atoms with Crippen LogP contribution in [0.3, 0.4) is 0 Å². The number of halogens is 1. The summed E-state index contributed by atoms with van der Waals surface area (Å²) in [7, 11) is 0. The van der Waals surface area contributed by atoms with E-state index in [1.807, 2.05) is 52.7 Å². The van der Waals surface area contributed by atoms with Gasteiger partial charge in [0, 0.05) is 48.0 Å². The Bertz CT molecular complexity index is 938. The molecule has 0 spiro atoms. The zero-order chi connectivity index (χ0) is 19.3. The summed E-state index contributed by atoms with van der Waals surface area (Å²) < 4.78 is 0. The van der Waals surface area contributed by atoms with Crippen molar-refractivity contribution < 1.29 is 4.79 Å². The number of hydrogen-bond donors (Lipinski definition) is 1. The van der Waals surface area contributed by atoms with Gasteiger partial charge in [-0.15, -0.1) is 11.3 Å². The number of anilines is 3. The van der Waals surface area contributed by atoms with Gasteiger partial charge in [0.1, 0.15) is 0 Å². The fourth-order valence-electron chi connectivity index (χ4n) is 3.25. The highest BCUT2D eigenvalue weighted by Crippen LogP contribution is 2.23. The minimum Gasteiger partial charge on any atom is -0.368 e. The van der Waals surface area contributed by atoms with Crippen molar-refractivity contribution in [2.24, 2.45) is 0 Å². The molecule has 2 heterocycles. The Hall–Kier alpha value is -2.57. The molecule has 5 nitrogen and oxygen atoms in total. The van der Waals surface area contributed by atoms with Crippen LogP contribution in [-0.2, 0) is 11.2 Å². The maximum Gasteiger partial charge on any atom is 0.228 e. The summed E-state index contributed by atoms with van der Waals surface area (Å²) in [5, 5.41) is 6.60. The Balaban J connectivity index is 1.30. The number of benzene rings is 2. The summed E-state index contributed by atoms with van der Waals surface area (Å²) >= 11 is 7.50. The first-order valence-corrected chi connectivity index (χ1v) is 10.5. The molecule has 1 saturated heterocycles. The Morgan fingerprint density at radius 3 is 2.61 bits per heavy atom. The fourth-order valence-corrected chi connectivity index (χ4v) is 4.18. The quantitative estimate of drug-likeness (QED) is 0.673. The number of carbonyl (C=O) groups is 1. The molecule has 3 aromatic rings. The van der Waals surface area contributed by atoms with Crippen molar-refractivity contribution >= 4 is 45.4 Å². The fraction of sp³-hybridized carbons (Fsp3) is 0.238. The van der Waals surface area contributed by atoms with Crippen LogP contribution >= 0.6 is 22.9 Å². The molecule has 4 rings (SSSR count). The second-order valence-corrected chi connectivity index (χ2v) is 7.95. The Morgan fingerprint density at radius 2 is 1.86 bits per heavy atom. The molecular weight excluding hydrogens is 392 g/mol. The molecule has 28 heavy (non-hydrogen) atoms. The lowest BCUT2D eigenvalue weighted by Gasteiger charge is -2.36. The van der Waals surface area contributed by atoms with Crippen molar-refractivity contribution in [3.8, 4) is 0 Å². The lowest BCUT2D eigenvalue weighted by molar-refractivity contribution is -0.130. The third-order valence-electron chi connectivity index (χ3n) is 4.71. The highest BCUT2D eigenvalue weighted by Gasteiger charge is 2.22. The number of nitrogens with zero attached hydrogens (tertiary/aromatic N) is 3. The number of piperazine rings is 1. The number of nitrogens with one attached hydrogen (secondary N) is 1. The largest absolute Gasteiger partial charge is 0.368 e. The molecule has 1 aliphatic heterocycles. The van der Waals surface area contributed by atoms with E-state index in [1.54, 1.807) is 0 Å². The summed E-state index contributed by atoms with van der Waals surface area (Å²) in [5.41, 5.74) is 2.90. The molecule has 144 valence electrons. The van der Waals surface area contributed by atoms with Crippen LogP contribution in [0.15, 0.2) is 60.0 Å². The SMILES string of the molecule is O=C(Cc1csc(Nc2cccc(Cl)c2)n1)N1CCN(c2ccccc2)CC1. The molecular formula is C21H21ClN4OS. The molecule has 1 amide bonds. The molecule has 0 radical (unpaired) electrons. The van der Waals surface area contributed by atoms with Crippen LogP contribution in [-0.4, -0.2) is 42.0 Å². The van der Waals surface area contributed by atoms with Gasteiger partial charge in [0.2, 0.25) is 5.91 Å². The van der Waals surface area contributed by atoms with E-state index in [0.717, 1.165) is 42.7 Å². The molecule has 0 unspecified atom stereocenters. The number of para-hydroxylation sites is 1. The van der Waals surface area contributed by atoms with Crippen LogP contribution in [0, 0.1) is 0 Å². The predicted molar refractivity (Wildman–Crippen MR) is 116 cm³/mol. The van der Waals surface area contributed by atoms with Crippen LogP contribution < -0.4 is 10.2 Å². The first-order valence-electron chi connectivity index (χ1n) is 9.22. The molecule has 0 atom stereocenters. The van der Waals surface area contributed by atoms with Gasteiger partial charge < -0.3 is 15.1 Å². The van der Waals surface area contributed by atoms with Crippen LogP contribution in [0.2, 0.25) is 5.02 Å². The van der Waals surface area contributed by atoms with E-state index in [9.17, 15) is 4.79 Å². The number of thiazole rings is 1. The van der Waals surface area contributed by atoms with Gasteiger partial charge in [-0.25, -0.2) is 4.98 Å². The number of rotatable bonds is 5. The molecule has 0 bridgehead atoms. The molecule has 1 aliphatic rings. The summed E-state index contributed by atoms with van der Waals surface area (Å²) in [6, 6.07) is 17.8. The lowest BCUT2D eigenvalue weighted by Crippen LogP contribution is -2.49. The molecule has 0 aliphatic carbocycles. The number of hydrogen-bond acceptors (Lipinski definition) is 5. The van der Waals surface area contributed by atoms with Crippen LogP contribution in [0.4, 0.5) is 16.5 Å². The highest BCUT2D eigenvalue weighted by molar-refractivity contribution is 7.13. The van der Waals surface area contributed by atoms with E-state index in [2.05, 4.69) is 27.3 Å². The van der Waals surface area contributed by atoms with E-state index in [4.69, 9.17) is 11.6 Å². The van der Waals surface area contributed by atoms with Gasteiger partial charge in [0.25, 0.3) is 0 Å². The van der Waals surface area contributed by atoms with E-state index >= 15 is 0 Å². The Labute approximate surface area is 173 Å². The summed E-state index contributed by atoms with van der Waals surface area (Å²) in [5.74, 6) is 0.132. The zero-order valence-electron chi connectivity index (χ0n) is 15.3. The molecule has 1 N–H and O–H groups in total. The lowest BCUT2D eigenvalue weighted by atomic mass is 10.2. The third-order valence-corrected chi connectivity index (χ3v) is 5.76. The number of carbonyl (C=O) groups excluding carboxylic acids is 1. The van der Waals surface area contributed by atoms with Crippen LogP contribution in [0.1, 0.15) is 5.69 Å². The van der Waals surface area contributed by atoms with Crippen molar-refractivity contribution in [2.75, 3.05) is 36.4 Å². The zero-order valence-corrected chi connectivity index (χ0v) is 16.9. The average molecular weight is 413 g/mol. The van der Waals surface area contributed by atoms with Gasteiger partial charge in [0.05, 0.1) is 12.1 Å². The van der Waals surface area contributed by atoms with Gasteiger partial charge >= 0.3 is 0 Å². The average Bonchev–Trinajstić information content (AvgIpc) is 3.15. The second kappa shape index (κ2) is 8.63. The second-order valence-electron chi connectivity index (χ2n) is 6.66. The van der Waals surface area contributed by atoms with Crippen LogP contribution in [0.5, 0.6) is 0 Å². The number of amides is 1. The van der Waals surface area contributed by atoms with Crippen molar-refractivity contribution in [1.29, 1.82) is 0 Å². The standard InChI is InChI=1S/C21H21ClN4OS/c22-16-5-4-6-17(13-16)23-21-24-18(15-28-21)14-20(27)26-11-9-25(10-12-26)19-7-2-1-3-8-19/h1-8,13,15H,9-12,14H2,(H,23,24). The monoisotopic (exact) mass is 412 g/mol. The van der Waals surface area contributed by atoms with Crippen molar-refractivity contribution in [2.45, 2.75) is 6.42 Å². The van der Waals surface area contributed by atoms with Gasteiger partial charge in [-0.2, -0.15) is 0 Å². The first-order chi connectivity index (χ1) is 13.7. The summed E-state index contributed by atoms with van der Waals surface area (Å²) in [6.07, 6.45) is 0.332. The van der Waals surface area contributed by atoms with Gasteiger partial charge in [-0.1, -0.05) is 35.9 Å². The molecule has 7 heteroatoms. The minimum atomic E-state index is 0.132. The maximum atomic E-state index is 12.7. The molecule has 2 aromatic carbocycles. The highest BCUT2D eigenvalue weighted by atomic mass is 35.5. The van der Waals surface area contributed by atoms with E-state index < -0.39 is 0 Å². The van der Waals surface area contributed by atoms with Crippen molar-refractivity contribution in [1.82, 2.24) is 9.88 Å².